The van der Waals surface area contributed by atoms with Crippen molar-refractivity contribution in [2.45, 2.75) is 35.7 Å². The number of nitrogen functional groups attached to an aromatic ring is 1. The van der Waals surface area contributed by atoms with Gasteiger partial charge in [-0.25, -0.2) is 9.97 Å². The molecule has 4 N–H and O–H groups in total. The maximum absolute atomic E-state index is 11.3. The van der Waals surface area contributed by atoms with Crippen molar-refractivity contribution >= 4 is 58.1 Å². The number of H-pyrrole nitrogens is 2. The average Bonchev–Trinajstić information content (AvgIpc) is 2.82. The van der Waals surface area contributed by atoms with Gasteiger partial charge in [0.2, 0.25) is 0 Å². The quantitative estimate of drug-likeness (QED) is 0.0822. The zero-order valence-electron chi connectivity index (χ0n) is 20.2. The molecule has 2 heterocycles. The molecule has 0 saturated carbocycles. The number of nitro benzene ring substituents is 1. The van der Waals surface area contributed by atoms with Gasteiger partial charge in [-0.1, -0.05) is 52.8 Å². The van der Waals surface area contributed by atoms with Gasteiger partial charge in [0, 0.05) is 57.9 Å². The summed E-state index contributed by atoms with van der Waals surface area (Å²) in [5, 5.41) is 12.6. The number of hydrogen-bond donors (Lipinski definition) is 3. The summed E-state index contributed by atoms with van der Waals surface area (Å²) in [7, 11) is 0. The van der Waals surface area contributed by atoms with Gasteiger partial charge in [0.05, 0.1) is 9.95 Å². The SMILES string of the molecule is Cc1cc(=O)[nH]c(SCc2ccc(N)cc2Cl)n1.Cc1cc(=O)[nH]c(SCc2ccc([N+](=O)[O-])cc2Cl)n1. The summed E-state index contributed by atoms with van der Waals surface area (Å²) in [5.74, 6) is 1.09. The predicted octanol–water partition coefficient (Wildman–Crippen LogP) is 5.54. The van der Waals surface area contributed by atoms with Crippen LogP contribution in [0.15, 0.2) is 68.4 Å². The number of nitro groups is 1. The van der Waals surface area contributed by atoms with Gasteiger partial charge in [-0.3, -0.25) is 19.7 Å². The lowest BCUT2D eigenvalue weighted by molar-refractivity contribution is -0.384. The molecule has 0 unspecified atom stereocenters. The first kappa shape index (κ1) is 29.2. The van der Waals surface area contributed by atoms with E-state index in [1.165, 1.54) is 47.8 Å². The second-order valence-electron chi connectivity index (χ2n) is 7.84. The van der Waals surface area contributed by atoms with E-state index in [0.717, 1.165) is 11.1 Å². The third-order valence-corrected chi connectivity index (χ3v) is 7.30. The number of halogens is 2. The maximum atomic E-state index is 11.3. The van der Waals surface area contributed by atoms with Crippen LogP contribution < -0.4 is 16.9 Å². The van der Waals surface area contributed by atoms with E-state index >= 15 is 0 Å². The number of thioether (sulfide) groups is 2. The predicted molar refractivity (Wildman–Crippen MR) is 152 cm³/mol. The highest BCUT2D eigenvalue weighted by molar-refractivity contribution is 7.98. The fourth-order valence-corrected chi connectivity index (χ4v) is 5.49. The van der Waals surface area contributed by atoms with E-state index in [2.05, 4.69) is 19.9 Å². The molecule has 0 fully saturated rings. The molecule has 0 bridgehead atoms. The highest BCUT2D eigenvalue weighted by atomic mass is 35.5. The molecule has 0 aliphatic rings. The van der Waals surface area contributed by atoms with Crippen molar-refractivity contribution < 1.29 is 4.92 Å². The number of nitrogens with two attached hydrogens (primary N) is 1. The third-order valence-electron chi connectivity index (χ3n) is 4.75. The van der Waals surface area contributed by atoms with Crippen LogP contribution in [0.5, 0.6) is 0 Å². The number of benzene rings is 2. The van der Waals surface area contributed by atoms with E-state index in [-0.39, 0.29) is 16.8 Å². The Bertz CT molecular complexity index is 1580. The van der Waals surface area contributed by atoms with Gasteiger partial charge in [0.1, 0.15) is 0 Å². The Kier molecular flexibility index (Phi) is 10.4. The van der Waals surface area contributed by atoms with E-state index in [0.29, 0.717) is 48.9 Å². The van der Waals surface area contributed by atoms with Gasteiger partial charge in [-0.05, 0) is 43.2 Å². The first-order valence-electron chi connectivity index (χ1n) is 10.9. The number of aromatic amines is 2. The summed E-state index contributed by atoms with van der Waals surface area (Å²) < 4.78 is 0. The lowest BCUT2D eigenvalue weighted by Crippen LogP contribution is -2.08. The Hall–Kier alpha value is -3.32. The minimum absolute atomic E-state index is 0.0502. The molecule has 4 rings (SSSR count). The molecule has 4 aromatic rings. The molecule has 38 heavy (non-hydrogen) atoms. The first-order chi connectivity index (χ1) is 18.0. The molecular formula is C24H22Cl2N6O4S2. The number of nitrogens with one attached hydrogen (secondary N) is 2. The molecule has 0 aliphatic heterocycles. The topological polar surface area (TPSA) is 161 Å². The molecule has 2 aromatic heterocycles. The Labute approximate surface area is 235 Å². The van der Waals surface area contributed by atoms with Crippen LogP contribution >= 0.6 is 46.7 Å². The van der Waals surface area contributed by atoms with E-state index in [9.17, 15) is 19.7 Å². The zero-order chi connectivity index (χ0) is 27.8. The monoisotopic (exact) mass is 592 g/mol. The standard InChI is InChI=1S/C12H10ClN3O3S.C12H12ClN3OS/c1-7-4-11(17)15-12(14-7)20-6-8-2-3-9(16(18)19)5-10(8)13;1-7-4-11(17)16-12(15-7)18-6-8-2-3-9(14)5-10(8)13/h2-5H,6H2,1H3,(H,14,15,17);2-5H,6,14H2,1H3,(H,15,16,17). The maximum Gasteiger partial charge on any atom is 0.270 e. The molecule has 0 amide bonds. The minimum Gasteiger partial charge on any atom is -0.399 e. The van der Waals surface area contributed by atoms with Gasteiger partial charge < -0.3 is 15.7 Å². The Morgan fingerprint density at radius 1 is 0.842 bits per heavy atom. The molecule has 14 heteroatoms. The minimum atomic E-state index is -0.498. The average molecular weight is 594 g/mol. The van der Waals surface area contributed by atoms with Gasteiger partial charge in [-0.15, -0.1) is 0 Å². The van der Waals surface area contributed by atoms with Crippen molar-refractivity contribution in [1.29, 1.82) is 0 Å². The van der Waals surface area contributed by atoms with Crippen molar-refractivity contribution in [1.82, 2.24) is 19.9 Å². The van der Waals surface area contributed by atoms with Gasteiger partial charge >= 0.3 is 0 Å². The number of aryl methyl sites for hydroxylation is 2. The van der Waals surface area contributed by atoms with E-state index in [4.69, 9.17) is 28.9 Å². The number of rotatable bonds is 7. The summed E-state index contributed by atoms with van der Waals surface area (Å²) in [6.45, 7) is 3.52. The van der Waals surface area contributed by atoms with Crippen LogP contribution in [0, 0.1) is 24.0 Å². The van der Waals surface area contributed by atoms with Crippen molar-refractivity contribution in [2.24, 2.45) is 0 Å². The normalized spacial score (nSPS) is 10.5. The molecule has 0 radical (unpaired) electrons. The largest absolute Gasteiger partial charge is 0.399 e. The highest BCUT2D eigenvalue weighted by Gasteiger charge is 2.10. The Morgan fingerprint density at radius 2 is 1.32 bits per heavy atom. The molecular weight excluding hydrogens is 571 g/mol. The van der Waals surface area contributed by atoms with Crippen LogP contribution in [0.4, 0.5) is 11.4 Å². The summed E-state index contributed by atoms with van der Waals surface area (Å²) >= 11 is 14.8. The summed E-state index contributed by atoms with van der Waals surface area (Å²) in [4.78, 5) is 46.4. The van der Waals surface area contributed by atoms with Crippen LogP contribution in [0.3, 0.4) is 0 Å². The van der Waals surface area contributed by atoms with Gasteiger partial charge in [0.15, 0.2) is 10.3 Å². The van der Waals surface area contributed by atoms with E-state index < -0.39 is 4.92 Å². The summed E-state index contributed by atoms with van der Waals surface area (Å²) in [5.41, 5.74) is 8.88. The molecule has 0 atom stereocenters. The van der Waals surface area contributed by atoms with Crippen molar-refractivity contribution in [3.63, 3.8) is 0 Å². The summed E-state index contributed by atoms with van der Waals surface area (Å²) in [6, 6.07) is 12.6. The van der Waals surface area contributed by atoms with Crippen molar-refractivity contribution in [3.8, 4) is 0 Å². The first-order valence-corrected chi connectivity index (χ1v) is 13.6. The van der Waals surface area contributed by atoms with Crippen LogP contribution in [-0.4, -0.2) is 24.9 Å². The molecule has 0 aliphatic carbocycles. The van der Waals surface area contributed by atoms with E-state index in [1.807, 2.05) is 6.07 Å². The van der Waals surface area contributed by atoms with Gasteiger partial charge in [0.25, 0.3) is 16.8 Å². The Balaban J connectivity index is 0.000000212. The summed E-state index contributed by atoms with van der Waals surface area (Å²) in [6.07, 6.45) is 0. The third kappa shape index (κ3) is 8.91. The zero-order valence-corrected chi connectivity index (χ0v) is 23.3. The van der Waals surface area contributed by atoms with Crippen LogP contribution in [0.25, 0.3) is 0 Å². The fraction of sp³-hybridized carbons (Fsp3) is 0.167. The van der Waals surface area contributed by atoms with Crippen LogP contribution in [-0.2, 0) is 11.5 Å². The highest BCUT2D eigenvalue weighted by Crippen LogP contribution is 2.28. The molecule has 0 saturated heterocycles. The smallest absolute Gasteiger partial charge is 0.270 e. The number of nitrogens with zero attached hydrogens (tertiary/aromatic N) is 3. The number of non-ortho nitro benzene ring substituents is 1. The van der Waals surface area contributed by atoms with Crippen LogP contribution in [0.2, 0.25) is 10.0 Å². The molecule has 0 spiro atoms. The number of anilines is 1. The van der Waals surface area contributed by atoms with Gasteiger partial charge in [-0.2, -0.15) is 0 Å². The van der Waals surface area contributed by atoms with Crippen molar-refractivity contribution in [2.75, 3.05) is 5.73 Å². The number of aromatic nitrogens is 4. The van der Waals surface area contributed by atoms with Crippen LogP contribution in [0.1, 0.15) is 22.5 Å². The van der Waals surface area contributed by atoms with Crippen molar-refractivity contribution in [3.05, 3.63) is 112 Å². The Morgan fingerprint density at radius 3 is 1.74 bits per heavy atom. The fourth-order valence-electron chi connectivity index (χ4n) is 2.98. The molecule has 10 nitrogen and oxygen atoms in total. The lowest BCUT2D eigenvalue weighted by atomic mass is 10.2. The molecule has 2 aromatic carbocycles. The number of hydrogen-bond acceptors (Lipinski definition) is 9. The lowest BCUT2D eigenvalue weighted by Gasteiger charge is -2.05. The molecule has 198 valence electrons. The van der Waals surface area contributed by atoms with E-state index in [1.54, 1.807) is 32.0 Å². The second kappa shape index (κ2) is 13.5. The second-order valence-corrected chi connectivity index (χ2v) is 10.6.